The first kappa shape index (κ1) is 18.2. The first-order chi connectivity index (χ1) is 11.2. The molecule has 1 aromatic rings. The van der Waals surface area contributed by atoms with Crippen molar-refractivity contribution in [2.75, 3.05) is 6.61 Å². The summed E-state index contributed by atoms with van der Waals surface area (Å²) in [4.78, 5) is 0. The van der Waals surface area contributed by atoms with Gasteiger partial charge in [0.2, 0.25) is 0 Å². The summed E-state index contributed by atoms with van der Waals surface area (Å²) in [5, 5.41) is 0. The normalized spacial score (nSPS) is 21.3. The second kappa shape index (κ2) is 9.89. The van der Waals surface area contributed by atoms with Crippen LogP contribution in [0.25, 0.3) is 0 Å². The standard InChI is InChI=1S/C20H30F2O/c1-2-3-4-6-16-8-10-17(11-9-16)7-5-14-23-18-12-13-19(21)20(22)15-18/h12-13,15-17H,2-11,14H2,1H3/t16-,17-. The smallest absolute Gasteiger partial charge is 0.162 e. The first-order valence-electron chi connectivity index (χ1n) is 9.27. The molecule has 0 saturated heterocycles. The van der Waals surface area contributed by atoms with Crippen LogP contribution in [-0.2, 0) is 0 Å². The molecule has 0 unspecified atom stereocenters. The largest absolute Gasteiger partial charge is 0.493 e. The zero-order chi connectivity index (χ0) is 16.5. The molecule has 1 aromatic carbocycles. The van der Waals surface area contributed by atoms with Crippen molar-refractivity contribution < 1.29 is 13.5 Å². The molecule has 2 rings (SSSR count). The number of hydrogen-bond acceptors (Lipinski definition) is 1. The topological polar surface area (TPSA) is 9.23 Å². The zero-order valence-electron chi connectivity index (χ0n) is 14.3. The van der Waals surface area contributed by atoms with Gasteiger partial charge in [0.25, 0.3) is 0 Å². The second-order valence-electron chi connectivity index (χ2n) is 6.95. The number of rotatable bonds is 9. The average molecular weight is 324 g/mol. The third-order valence-electron chi connectivity index (χ3n) is 5.10. The van der Waals surface area contributed by atoms with Crippen molar-refractivity contribution >= 4 is 0 Å². The third-order valence-corrected chi connectivity index (χ3v) is 5.10. The zero-order valence-corrected chi connectivity index (χ0v) is 14.3. The van der Waals surface area contributed by atoms with Gasteiger partial charge in [-0.3, -0.25) is 0 Å². The van der Waals surface area contributed by atoms with Gasteiger partial charge in [0.1, 0.15) is 5.75 Å². The van der Waals surface area contributed by atoms with Crippen LogP contribution in [0.5, 0.6) is 5.75 Å². The van der Waals surface area contributed by atoms with E-state index >= 15 is 0 Å². The van der Waals surface area contributed by atoms with Gasteiger partial charge in [0.15, 0.2) is 11.6 Å². The summed E-state index contributed by atoms with van der Waals surface area (Å²) < 4.78 is 31.4. The van der Waals surface area contributed by atoms with Gasteiger partial charge in [-0.1, -0.05) is 58.3 Å². The molecule has 1 fully saturated rings. The van der Waals surface area contributed by atoms with Gasteiger partial charge >= 0.3 is 0 Å². The highest BCUT2D eigenvalue weighted by Crippen LogP contribution is 2.34. The summed E-state index contributed by atoms with van der Waals surface area (Å²) in [6.07, 6.45) is 13.2. The van der Waals surface area contributed by atoms with E-state index in [-0.39, 0.29) is 0 Å². The summed E-state index contributed by atoms with van der Waals surface area (Å²) in [7, 11) is 0. The van der Waals surface area contributed by atoms with Gasteiger partial charge in [0, 0.05) is 6.07 Å². The van der Waals surface area contributed by atoms with Gasteiger partial charge in [-0.2, -0.15) is 0 Å². The Labute approximate surface area is 139 Å². The van der Waals surface area contributed by atoms with Crippen molar-refractivity contribution in [1.29, 1.82) is 0 Å². The molecule has 0 N–H and O–H groups in total. The van der Waals surface area contributed by atoms with E-state index in [1.165, 1.54) is 63.9 Å². The molecule has 0 bridgehead atoms. The van der Waals surface area contributed by atoms with E-state index in [0.29, 0.717) is 12.4 Å². The van der Waals surface area contributed by atoms with Gasteiger partial charge in [-0.25, -0.2) is 8.78 Å². The molecular weight excluding hydrogens is 294 g/mol. The lowest BCUT2D eigenvalue weighted by molar-refractivity contribution is 0.228. The molecule has 0 aliphatic heterocycles. The lowest BCUT2D eigenvalue weighted by Gasteiger charge is -2.28. The van der Waals surface area contributed by atoms with Crippen LogP contribution in [0, 0.1) is 23.5 Å². The SMILES string of the molecule is CCCCC[C@H]1CC[C@H](CCCOc2ccc(F)c(F)c2)CC1. The lowest BCUT2D eigenvalue weighted by atomic mass is 9.78. The molecule has 1 aliphatic carbocycles. The Morgan fingerprint density at radius 3 is 2.17 bits per heavy atom. The summed E-state index contributed by atoms with van der Waals surface area (Å²) in [6.45, 7) is 2.85. The predicted octanol–water partition coefficient (Wildman–Crippen LogP) is 6.51. The molecule has 1 nitrogen and oxygen atoms in total. The third kappa shape index (κ3) is 6.48. The fourth-order valence-electron chi connectivity index (χ4n) is 3.62. The molecule has 0 radical (unpaired) electrons. The van der Waals surface area contributed by atoms with Gasteiger partial charge in [-0.15, -0.1) is 0 Å². The molecular formula is C20H30F2O. The maximum Gasteiger partial charge on any atom is 0.162 e. The minimum absolute atomic E-state index is 0.420. The highest BCUT2D eigenvalue weighted by Gasteiger charge is 2.20. The van der Waals surface area contributed by atoms with E-state index < -0.39 is 11.6 Å². The molecule has 0 heterocycles. The summed E-state index contributed by atoms with van der Waals surface area (Å²) in [5.74, 6) is 0.530. The number of ether oxygens (including phenoxy) is 1. The molecule has 1 aliphatic rings. The second-order valence-corrected chi connectivity index (χ2v) is 6.95. The Kier molecular flexibility index (Phi) is 7.84. The van der Waals surface area contributed by atoms with E-state index in [1.807, 2.05) is 0 Å². The molecule has 23 heavy (non-hydrogen) atoms. The molecule has 3 heteroatoms. The van der Waals surface area contributed by atoms with E-state index in [0.717, 1.165) is 30.4 Å². The predicted molar refractivity (Wildman–Crippen MR) is 90.7 cm³/mol. The van der Waals surface area contributed by atoms with Crippen LogP contribution in [0.15, 0.2) is 18.2 Å². The number of halogens is 2. The van der Waals surface area contributed by atoms with Gasteiger partial charge in [-0.05, 0) is 36.8 Å². The molecule has 0 amide bonds. The first-order valence-corrected chi connectivity index (χ1v) is 9.27. The maximum atomic E-state index is 13.1. The Morgan fingerprint density at radius 1 is 0.913 bits per heavy atom. The minimum Gasteiger partial charge on any atom is -0.493 e. The average Bonchev–Trinajstić information content (AvgIpc) is 2.56. The monoisotopic (exact) mass is 324 g/mol. The van der Waals surface area contributed by atoms with Crippen molar-refractivity contribution in [1.82, 2.24) is 0 Å². The quantitative estimate of drug-likeness (QED) is 0.470. The van der Waals surface area contributed by atoms with Crippen LogP contribution in [0.4, 0.5) is 8.78 Å². The number of hydrogen-bond donors (Lipinski definition) is 0. The maximum absolute atomic E-state index is 13.1. The number of benzene rings is 1. The lowest BCUT2D eigenvalue weighted by Crippen LogP contribution is -2.15. The Bertz CT molecular complexity index is 453. The van der Waals surface area contributed by atoms with Crippen molar-refractivity contribution in [3.05, 3.63) is 29.8 Å². The van der Waals surface area contributed by atoms with E-state index in [2.05, 4.69) is 6.92 Å². The van der Waals surface area contributed by atoms with Crippen molar-refractivity contribution in [3.63, 3.8) is 0 Å². The summed E-state index contributed by atoms with van der Waals surface area (Å²) in [6, 6.07) is 3.72. The fourth-order valence-corrected chi connectivity index (χ4v) is 3.62. The van der Waals surface area contributed by atoms with Gasteiger partial charge < -0.3 is 4.74 Å². The Morgan fingerprint density at radius 2 is 1.57 bits per heavy atom. The highest BCUT2D eigenvalue weighted by molar-refractivity contribution is 5.23. The molecule has 130 valence electrons. The van der Waals surface area contributed by atoms with E-state index in [4.69, 9.17) is 4.74 Å². The fraction of sp³-hybridized carbons (Fsp3) is 0.700. The van der Waals surface area contributed by atoms with Gasteiger partial charge in [0.05, 0.1) is 6.61 Å². The minimum atomic E-state index is -0.844. The molecule has 0 atom stereocenters. The van der Waals surface area contributed by atoms with Crippen LogP contribution in [0.3, 0.4) is 0 Å². The van der Waals surface area contributed by atoms with Crippen molar-refractivity contribution in [2.45, 2.75) is 71.1 Å². The van der Waals surface area contributed by atoms with Crippen LogP contribution >= 0.6 is 0 Å². The highest BCUT2D eigenvalue weighted by atomic mass is 19.2. The molecule has 1 saturated carbocycles. The van der Waals surface area contributed by atoms with E-state index in [9.17, 15) is 8.78 Å². The van der Waals surface area contributed by atoms with E-state index in [1.54, 1.807) is 0 Å². The van der Waals surface area contributed by atoms with Crippen LogP contribution in [0.2, 0.25) is 0 Å². The Hall–Kier alpha value is -1.12. The van der Waals surface area contributed by atoms with Crippen LogP contribution < -0.4 is 4.74 Å². The molecule has 0 spiro atoms. The Balaban J connectivity index is 1.56. The van der Waals surface area contributed by atoms with Crippen LogP contribution in [-0.4, -0.2) is 6.61 Å². The number of unbranched alkanes of at least 4 members (excludes halogenated alkanes) is 2. The van der Waals surface area contributed by atoms with Crippen LogP contribution in [0.1, 0.15) is 71.1 Å². The summed E-state index contributed by atoms with van der Waals surface area (Å²) in [5.41, 5.74) is 0. The summed E-state index contributed by atoms with van der Waals surface area (Å²) >= 11 is 0. The molecule has 0 aromatic heterocycles. The van der Waals surface area contributed by atoms with Crippen molar-refractivity contribution in [3.8, 4) is 5.75 Å². The van der Waals surface area contributed by atoms with Crippen molar-refractivity contribution in [2.24, 2.45) is 11.8 Å².